The predicted octanol–water partition coefficient (Wildman–Crippen LogP) is -15.5. The van der Waals surface area contributed by atoms with E-state index in [1.165, 1.54) is 0 Å². The summed E-state index contributed by atoms with van der Waals surface area (Å²) in [4.78, 5) is 192. The third-order valence-electron chi connectivity index (χ3n) is 12.3. The molecular weight excluding hydrogens is 1180 g/mol. The van der Waals surface area contributed by atoms with Gasteiger partial charge in [0.05, 0.1) is 103 Å². The van der Waals surface area contributed by atoms with Crippen molar-refractivity contribution in [3.8, 4) is 5.75 Å². The summed E-state index contributed by atoms with van der Waals surface area (Å²) in [6, 6.07) is -5.10. The van der Waals surface area contributed by atoms with Gasteiger partial charge in [-0.2, -0.15) is 0 Å². The molecule has 0 spiro atoms. The van der Waals surface area contributed by atoms with Gasteiger partial charge in [-0.05, 0) is 75.1 Å². The summed E-state index contributed by atoms with van der Waals surface area (Å²) < 4.78 is 11.0. The van der Waals surface area contributed by atoms with Crippen molar-refractivity contribution in [1.29, 1.82) is 0 Å². The first-order chi connectivity index (χ1) is 41.4. The van der Waals surface area contributed by atoms with Crippen LogP contribution in [0.2, 0.25) is 0 Å². The largest absolute Gasteiger partial charge is 0.550 e. The minimum absolute atomic E-state index is 0.166. The molecule has 88 heavy (non-hydrogen) atoms. The van der Waals surface area contributed by atoms with Gasteiger partial charge in [-0.15, -0.1) is 0 Å². The van der Waals surface area contributed by atoms with Crippen LogP contribution in [0.25, 0.3) is 0 Å². The van der Waals surface area contributed by atoms with Crippen molar-refractivity contribution in [2.75, 3.05) is 6.54 Å². The Balaban J connectivity index is 1.82. The number of hydrogen-bond donors (Lipinski definition) is 10. The van der Waals surface area contributed by atoms with Crippen molar-refractivity contribution in [3.05, 3.63) is 53.5 Å². The first-order valence-electron chi connectivity index (χ1n) is 26.6. The van der Waals surface area contributed by atoms with Crippen LogP contribution in [0.4, 0.5) is 0 Å². The Morgan fingerprint density at radius 3 is 1.17 bits per heavy atom. The molecule has 8 atom stereocenters. The molecule has 1 aromatic heterocycles. The SMILES string of the molecule is [NH3+]Cc1cc(COc2ccc(CCNC(=O)CC[C@H](NC(=O)CC[C@H](NC(=O)CC[C@H](NC(=O)CC(NC(=O)CC(O)C(=O)N[C@@H](CCC(=O)N[C@@H](CCC(=O)N[C@@H](CCC(=O)[O-])C(=O)[O-])C(=O)[O-])C(=O)[O-])C(=O)[O-])C(=O)[O-])C(=O)[O-])C(=O)[O-])cc2)co1. The molecule has 0 saturated heterocycles. The average molecular weight is 1250 g/mol. The standard InChI is InChI=1S/C52H69N9O27/c53-22-28-19-26(24-88-28)23-87-27-3-1-25(2-4-27)17-18-54-37(63)11-5-29(46(73)74)55-38(64)12-6-30(47(75)76)56-39(65)14-8-32(49(79)80)59-42(68)20-35(52(85)86)60-43(69)21-36(62)45(72)61-34(51(83)84)9-15-41(67)57-31(48(77)78)7-13-40(66)58-33(50(81)82)10-16-44(70)71/h1-4,19,24,29-36,62H,5-18,20-23,53H2,(H,54,63)(H,55,64)(H,56,65)(H,57,67)(H,58,66)(H,59,68)(H,60,69)(H,61,72)(H,70,71)(H,73,74)(H,75,76)(H,77,78)(H,79,80)(H,81,82)(H,83,84)(H,85,86)/p-7/t29-,30-,31-,32-,33-,34-,35?,36?/m0/s1. The molecule has 0 bridgehead atoms. The average Bonchev–Trinajstić information content (AvgIpc) is 3.97. The van der Waals surface area contributed by atoms with Gasteiger partial charge in [0, 0.05) is 50.2 Å². The predicted molar refractivity (Wildman–Crippen MR) is 267 cm³/mol. The van der Waals surface area contributed by atoms with Crippen LogP contribution in [0.15, 0.2) is 41.0 Å². The zero-order chi connectivity index (χ0) is 66.2. The highest BCUT2D eigenvalue weighted by Gasteiger charge is 2.28. The molecule has 484 valence electrons. The topological polar surface area (TPSA) is 624 Å². The van der Waals surface area contributed by atoms with E-state index in [0.717, 1.165) is 16.9 Å². The van der Waals surface area contributed by atoms with Gasteiger partial charge in [-0.25, -0.2) is 0 Å². The highest BCUT2D eigenvalue weighted by molar-refractivity contribution is 5.93. The number of ether oxygens (including phenoxy) is 1. The molecule has 36 heteroatoms. The number of hydrogen-bond acceptors (Lipinski definition) is 27. The van der Waals surface area contributed by atoms with Gasteiger partial charge in [-0.1, -0.05) is 12.1 Å². The zero-order valence-electron chi connectivity index (χ0n) is 46.6. The molecule has 0 aliphatic carbocycles. The summed E-state index contributed by atoms with van der Waals surface area (Å²) in [5, 5.41) is 118. The highest BCUT2D eigenvalue weighted by atomic mass is 16.5. The second-order valence-electron chi connectivity index (χ2n) is 19.2. The zero-order valence-corrected chi connectivity index (χ0v) is 46.6. The van der Waals surface area contributed by atoms with Crippen molar-refractivity contribution < 1.29 is 138 Å². The van der Waals surface area contributed by atoms with Crippen LogP contribution in [0, 0.1) is 0 Å². The number of carboxylic acid groups (broad SMARTS) is 8. The summed E-state index contributed by atoms with van der Waals surface area (Å²) in [6.45, 7) is 0.934. The number of carbonyl (C=O) groups excluding carboxylic acids is 16. The lowest BCUT2D eigenvalue weighted by atomic mass is 10.1. The number of aliphatic hydroxyl groups is 1. The van der Waals surface area contributed by atoms with E-state index in [2.05, 4.69) is 16.4 Å². The van der Waals surface area contributed by atoms with Gasteiger partial charge in [0.1, 0.15) is 25.0 Å². The Morgan fingerprint density at radius 1 is 0.443 bits per heavy atom. The number of furan rings is 1. The quantitative estimate of drug-likeness (QED) is 0.0294. The van der Waals surface area contributed by atoms with Crippen LogP contribution in [-0.2, 0) is 96.3 Å². The number of amides is 8. The van der Waals surface area contributed by atoms with E-state index >= 15 is 0 Å². The lowest BCUT2D eigenvalue weighted by molar-refractivity contribution is -0.390. The molecule has 1 aromatic carbocycles. The third kappa shape index (κ3) is 29.5. The summed E-state index contributed by atoms with van der Waals surface area (Å²) in [5.74, 6) is -24.0. The summed E-state index contributed by atoms with van der Waals surface area (Å²) in [5.41, 5.74) is 5.42. The lowest BCUT2D eigenvalue weighted by Crippen LogP contribution is -2.54. The normalized spacial score (nSPS) is 13.5. The van der Waals surface area contributed by atoms with Crippen molar-refractivity contribution >= 4 is 95.0 Å². The van der Waals surface area contributed by atoms with Gasteiger partial charge in [-0.3, -0.25) is 38.4 Å². The van der Waals surface area contributed by atoms with Crippen LogP contribution in [0.1, 0.15) is 107 Å². The number of carbonyl (C=O) groups is 16. The first-order valence-corrected chi connectivity index (χ1v) is 26.6. The van der Waals surface area contributed by atoms with Crippen LogP contribution in [-0.4, -0.2) is 155 Å². The van der Waals surface area contributed by atoms with E-state index in [0.29, 0.717) is 18.7 Å². The Kier molecular flexibility index (Phi) is 31.8. The molecule has 2 aromatic rings. The maximum absolute atomic E-state index is 12.7. The lowest BCUT2D eigenvalue weighted by Gasteiger charge is -2.25. The fraction of sp³-hybridized carbons (Fsp3) is 0.500. The van der Waals surface area contributed by atoms with Crippen molar-refractivity contribution in [1.82, 2.24) is 42.5 Å². The highest BCUT2D eigenvalue weighted by Crippen LogP contribution is 2.16. The Bertz CT molecular complexity index is 2840. The van der Waals surface area contributed by atoms with Gasteiger partial charge in [0.15, 0.2) is 5.76 Å². The van der Waals surface area contributed by atoms with Gasteiger partial charge >= 0.3 is 0 Å². The monoisotopic (exact) mass is 1240 g/mol. The van der Waals surface area contributed by atoms with E-state index in [-0.39, 0.29) is 19.6 Å². The van der Waals surface area contributed by atoms with Crippen LogP contribution in [0.5, 0.6) is 5.75 Å². The number of benzene rings is 1. The van der Waals surface area contributed by atoms with Crippen molar-refractivity contribution in [3.63, 3.8) is 0 Å². The molecule has 0 fully saturated rings. The number of aliphatic carboxylic acids is 8. The second-order valence-corrected chi connectivity index (χ2v) is 19.2. The second kappa shape index (κ2) is 37.9. The van der Waals surface area contributed by atoms with Gasteiger partial charge in [0.2, 0.25) is 47.3 Å². The molecule has 2 rings (SSSR count). The maximum atomic E-state index is 12.7. The number of carboxylic acids is 8. The van der Waals surface area contributed by atoms with Crippen molar-refractivity contribution in [2.24, 2.45) is 0 Å². The fourth-order valence-corrected chi connectivity index (χ4v) is 7.61. The van der Waals surface area contributed by atoms with E-state index in [9.17, 15) is 123 Å². The number of quaternary nitrogens is 1. The maximum Gasteiger partial charge on any atom is 0.249 e. The Labute approximate surface area is 497 Å². The van der Waals surface area contributed by atoms with Crippen LogP contribution < -0.4 is 93.9 Å². The van der Waals surface area contributed by atoms with Crippen LogP contribution >= 0.6 is 0 Å². The van der Waals surface area contributed by atoms with Crippen molar-refractivity contribution in [2.45, 2.75) is 158 Å². The number of rotatable bonds is 44. The molecule has 0 saturated carbocycles. The van der Waals surface area contributed by atoms with Gasteiger partial charge in [0.25, 0.3) is 0 Å². The third-order valence-corrected chi connectivity index (χ3v) is 12.3. The molecule has 1 heterocycles. The molecule has 0 aliphatic rings. The Morgan fingerprint density at radius 2 is 0.795 bits per heavy atom. The number of nitrogens with one attached hydrogen (secondary N) is 8. The molecule has 0 aliphatic heterocycles. The fourth-order valence-electron chi connectivity index (χ4n) is 7.61. The summed E-state index contributed by atoms with van der Waals surface area (Å²) in [6.07, 6.45) is -11.9. The number of aliphatic hydroxyl groups excluding tert-OH is 1. The van der Waals surface area contributed by atoms with E-state index in [4.69, 9.17) is 9.15 Å². The summed E-state index contributed by atoms with van der Waals surface area (Å²) in [7, 11) is 0. The molecule has 0 radical (unpaired) electrons. The van der Waals surface area contributed by atoms with Crippen LogP contribution in [0.3, 0.4) is 0 Å². The minimum atomic E-state index is -2.49. The molecule has 12 N–H and O–H groups in total. The molecule has 8 amide bonds. The minimum Gasteiger partial charge on any atom is -0.550 e. The van der Waals surface area contributed by atoms with E-state index in [1.54, 1.807) is 46.5 Å². The molecule has 2 unspecified atom stereocenters. The first kappa shape index (κ1) is 73.8. The summed E-state index contributed by atoms with van der Waals surface area (Å²) >= 11 is 0. The molecular formula is C52H62N9O27-7. The van der Waals surface area contributed by atoms with E-state index in [1.807, 2.05) is 22.0 Å². The Hall–Kier alpha value is -10.3. The smallest absolute Gasteiger partial charge is 0.249 e. The van der Waals surface area contributed by atoms with E-state index < -0.39 is 227 Å². The molecule has 36 nitrogen and oxygen atoms in total. The van der Waals surface area contributed by atoms with Gasteiger partial charge < -0.3 is 142 Å².